The van der Waals surface area contributed by atoms with Gasteiger partial charge in [0.15, 0.2) is 34.4 Å². The van der Waals surface area contributed by atoms with Crippen molar-refractivity contribution in [2.45, 2.75) is 107 Å². The van der Waals surface area contributed by atoms with E-state index in [-0.39, 0.29) is 40.8 Å². The maximum absolute atomic E-state index is 13.5. The number of rotatable bonds is 2. The maximum Gasteiger partial charge on any atom is 1.00 e. The van der Waals surface area contributed by atoms with E-state index in [2.05, 4.69) is 84.5 Å². The summed E-state index contributed by atoms with van der Waals surface area (Å²) in [6.07, 6.45) is 4.31. The molecule has 93 heavy (non-hydrogen) atoms. The number of benzene rings is 6. The molecule has 4 atom stereocenters. The van der Waals surface area contributed by atoms with Crippen LogP contribution in [0.15, 0.2) is 137 Å². The number of amides is 2. The molecule has 7 aliphatic rings. The fraction of sp³-hybridized carbons (Fsp3) is 0.348. The molecule has 0 radical (unpaired) electrons. The number of likely N-dealkylation sites (N-methyl/N-ethyl adjacent to an activating group) is 2. The SMILES string of the molecule is CN1C(=O)C2(CC3(CCCOC3)Oc3ccc(Br)cc32)N=C1N.Cc1cc(Cl)cc(-c2ccc3c(c2)C2(CC4(CCCOC4)O3)N=C(N)N(C)C2=O)c1.Clc1cc(Br)cc(Br)c1.[C-]#N.[C-]#[N+]c1cc(Cl)cc(B2OC(C)(C)C(C)(C)O2)c1.[C-]#[N+]c1cc(Cl)cc(Br)c1.[Cu+]. The molecule has 6 aromatic carbocycles. The first-order chi connectivity index (χ1) is 43.4. The Hall–Kier alpha value is -5.23. The first kappa shape index (κ1) is 75.2. The fourth-order valence-electron chi connectivity index (χ4n) is 11.6. The molecule has 3 saturated heterocycles. The predicted molar refractivity (Wildman–Crippen MR) is 375 cm³/mol. The van der Waals surface area contributed by atoms with Crippen LogP contribution in [-0.4, -0.2) is 104 Å². The molecule has 4 unspecified atom stereocenters. The summed E-state index contributed by atoms with van der Waals surface area (Å²) < 4.78 is 39.7. The molecular formula is C66H63BBr4Cl4CuN9O8. The minimum absolute atomic E-state index is 0. The summed E-state index contributed by atoms with van der Waals surface area (Å²) >= 11 is 36.9. The largest absolute Gasteiger partial charge is 1.00 e. The van der Waals surface area contributed by atoms with Gasteiger partial charge in [-0.15, -0.1) is 0 Å². The van der Waals surface area contributed by atoms with Crippen molar-refractivity contribution in [2.75, 3.05) is 40.5 Å². The fourth-order valence-corrected chi connectivity index (χ4v) is 15.1. The van der Waals surface area contributed by atoms with Crippen molar-refractivity contribution >= 4 is 158 Å². The van der Waals surface area contributed by atoms with Crippen LogP contribution in [0, 0.1) is 31.9 Å². The third-order valence-corrected chi connectivity index (χ3v) is 19.3. The summed E-state index contributed by atoms with van der Waals surface area (Å²) in [5, 5.41) is 8.76. The number of nitrogens with two attached hydrogens (primary N) is 2. The zero-order chi connectivity index (χ0) is 67.3. The number of fused-ring (bicyclic) bond motifs is 4. The molecule has 13 rings (SSSR count). The van der Waals surface area contributed by atoms with Gasteiger partial charge in [0.05, 0.1) is 37.6 Å². The monoisotopic (exact) mass is 1640 g/mol. The van der Waals surface area contributed by atoms with Crippen molar-refractivity contribution in [3.63, 3.8) is 0 Å². The Morgan fingerprint density at radius 2 is 1.01 bits per heavy atom. The van der Waals surface area contributed by atoms with Gasteiger partial charge < -0.3 is 51.6 Å². The van der Waals surface area contributed by atoms with Gasteiger partial charge in [0.25, 0.3) is 11.8 Å². The summed E-state index contributed by atoms with van der Waals surface area (Å²) in [6, 6.07) is 33.4. The molecular weight excluding hydrogens is 1580 g/mol. The molecule has 7 heterocycles. The number of carbonyl (C=O) groups excluding carboxylic acids is 2. The Kier molecular flexibility index (Phi) is 25.0. The summed E-state index contributed by atoms with van der Waals surface area (Å²) in [5.41, 5.74) is 14.4. The summed E-state index contributed by atoms with van der Waals surface area (Å²) in [5.74, 6) is 1.58. The number of aliphatic imine (C=N–C) groups is 2. The van der Waals surface area contributed by atoms with E-state index in [4.69, 9.17) is 116 Å². The first-order valence-corrected chi connectivity index (χ1v) is 33.4. The average molecular weight is 1650 g/mol. The number of nitrogens with zero attached hydrogens (tertiary/aromatic N) is 7. The molecule has 490 valence electrons. The van der Waals surface area contributed by atoms with E-state index in [1.165, 1.54) is 9.80 Å². The number of hydrogen-bond donors (Lipinski definition) is 2. The van der Waals surface area contributed by atoms with Crippen LogP contribution >= 0.6 is 110 Å². The standard InChI is InChI=1S/C23H24ClN3O3.C16H18BrN3O3.C13H15BClNO2.C7H3BrClN.C6H3Br2Cl.CN.Cu/c1-14-8-16(10-17(24)9-14)15-4-5-19-18(11-15)23(20(28)27(2)21(25)26-23)12-22(30-19)6-3-7-29-13-22;1-20-13(21)16(19-14(20)18)8-15(5-2-6-22-9-15)23-12-4-3-10(17)7-11(12)16;1-12(2)13(3,4)18-14(17-12)9-6-10(15)8-11(7-9)16-5;1-10-7-3-5(8)2-6(9)4-7;7-4-1-5(8)3-6(9)2-4;1-2;/h4-5,8-11H,3,6-7,12-13H2,1-2H3,(H2,25,26);3-4,7H,2,5-6,8-9H2,1H3,(H2,18,19);6-8H,1-4H3;2-4H;1-3H;;/q;;;;;-1;+1. The van der Waals surface area contributed by atoms with Crippen LogP contribution in [0.4, 0.5) is 11.4 Å². The Labute approximate surface area is 606 Å². The maximum atomic E-state index is 13.5. The van der Waals surface area contributed by atoms with Gasteiger partial charge >= 0.3 is 24.2 Å². The van der Waals surface area contributed by atoms with Crippen LogP contribution in [0.1, 0.15) is 82.9 Å². The van der Waals surface area contributed by atoms with E-state index in [1.54, 1.807) is 50.5 Å². The van der Waals surface area contributed by atoms with Crippen molar-refractivity contribution in [1.82, 2.24) is 9.80 Å². The zero-order valence-corrected chi connectivity index (χ0v) is 61.7. The molecule has 4 spiro atoms. The number of guanidine groups is 2. The van der Waals surface area contributed by atoms with Crippen LogP contribution in [0.3, 0.4) is 0 Å². The van der Waals surface area contributed by atoms with Crippen LogP contribution in [0.25, 0.3) is 20.8 Å². The van der Waals surface area contributed by atoms with Crippen LogP contribution in [0.5, 0.6) is 11.5 Å². The van der Waals surface area contributed by atoms with Gasteiger partial charge in [-0.05, 0) is 173 Å². The molecule has 0 aliphatic carbocycles. The van der Waals surface area contributed by atoms with Crippen molar-refractivity contribution in [1.29, 1.82) is 5.26 Å². The van der Waals surface area contributed by atoms with Crippen LogP contribution < -0.4 is 26.4 Å². The smallest absolute Gasteiger partial charge is 0.512 e. The molecule has 2 amide bonds. The molecule has 4 N–H and O–H groups in total. The number of ether oxygens (including phenoxy) is 4. The van der Waals surface area contributed by atoms with E-state index in [0.29, 0.717) is 70.6 Å². The predicted octanol–water partition coefficient (Wildman–Crippen LogP) is 16.2. The van der Waals surface area contributed by atoms with Crippen LogP contribution in [0.2, 0.25) is 20.1 Å². The second-order valence-electron chi connectivity index (χ2n) is 23.8. The Morgan fingerprint density at radius 3 is 1.44 bits per heavy atom. The molecule has 27 heteroatoms. The van der Waals surface area contributed by atoms with Gasteiger partial charge in [0, 0.05) is 89.3 Å². The first-order valence-electron chi connectivity index (χ1n) is 28.7. The van der Waals surface area contributed by atoms with Gasteiger partial charge in [0.1, 0.15) is 22.7 Å². The molecule has 17 nitrogen and oxygen atoms in total. The van der Waals surface area contributed by atoms with E-state index < -0.39 is 40.6 Å². The molecule has 0 aromatic heterocycles. The third kappa shape index (κ3) is 17.0. The Morgan fingerprint density at radius 1 is 0.570 bits per heavy atom. The van der Waals surface area contributed by atoms with Crippen molar-refractivity contribution in [3.8, 4) is 22.6 Å². The van der Waals surface area contributed by atoms with Crippen LogP contribution in [-0.2, 0) is 56.5 Å². The Balaban J connectivity index is 0.000000174. The van der Waals surface area contributed by atoms with Gasteiger partial charge in [-0.1, -0.05) is 128 Å². The normalized spacial score (nSPS) is 23.1. The third-order valence-electron chi connectivity index (χ3n) is 16.5. The zero-order valence-electron chi connectivity index (χ0n) is 51.4. The van der Waals surface area contributed by atoms with E-state index in [9.17, 15) is 9.59 Å². The second-order valence-corrected chi connectivity index (χ2v) is 29.2. The average Bonchev–Trinajstić information content (AvgIpc) is 1.68. The van der Waals surface area contributed by atoms with E-state index in [0.717, 1.165) is 88.5 Å². The van der Waals surface area contributed by atoms with Crippen molar-refractivity contribution in [2.24, 2.45) is 21.5 Å². The second kappa shape index (κ2) is 30.9. The van der Waals surface area contributed by atoms with Gasteiger partial charge in [-0.25, -0.2) is 19.7 Å². The summed E-state index contributed by atoms with van der Waals surface area (Å²) in [7, 11) is 2.85. The summed E-state index contributed by atoms with van der Waals surface area (Å²) in [4.78, 5) is 45.2. The number of hydrogen-bond acceptors (Lipinski definition) is 13. The number of carbonyl (C=O) groups is 2. The van der Waals surface area contributed by atoms with E-state index in [1.807, 2.05) is 101 Å². The van der Waals surface area contributed by atoms with Crippen molar-refractivity contribution < 1.29 is 54.9 Å². The molecule has 6 aromatic rings. The molecule has 0 bridgehead atoms. The Bertz CT molecular complexity index is 3890. The van der Waals surface area contributed by atoms with Crippen molar-refractivity contribution in [3.05, 3.63) is 193 Å². The van der Waals surface area contributed by atoms with Gasteiger partial charge in [-0.3, -0.25) is 19.4 Å². The number of halogens is 8. The van der Waals surface area contributed by atoms with E-state index >= 15 is 0 Å². The topological polar surface area (TPSA) is 205 Å². The summed E-state index contributed by atoms with van der Waals surface area (Å²) in [6.45, 7) is 30.8. The van der Waals surface area contributed by atoms with Gasteiger partial charge in [0.2, 0.25) is 0 Å². The quantitative estimate of drug-likeness (QED) is 0.123. The minimum Gasteiger partial charge on any atom is -0.512 e. The number of aryl methyl sites for hydroxylation is 1. The molecule has 0 saturated carbocycles. The molecule has 7 aliphatic heterocycles. The molecule has 3 fully saturated rings. The minimum atomic E-state index is -1.10. The van der Waals surface area contributed by atoms with Gasteiger partial charge in [-0.2, -0.15) is 0 Å².